The average molecular weight is 468 g/mol. The number of aryl methyl sites for hydroxylation is 2. The fraction of sp³-hybridized carbons (Fsp3) is 0.375. The van der Waals surface area contributed by atoms with Crippen molar-refractivity contribution in [1.29, 1.82) is 5.26 Å². The maximum Gasteiger partial charge on any atom is 0.335 e. The molecule has 0 saturated carbocycles. The molecule has 3 heteroatoms. The molecular weight excluding hydrogens is 430 g/mol. The highest BCUT2D eigenvalue weighted by molar-refractivity contribution is 5.94. The summed E-state index contributed by atoms with van der Waals surface area (Å²) >= 11 is 0. The Hall–Kier alpha value is -3.38. The Kier molecular flexibility index (Phi) is 10.1. The number of carboxylic acid groups (broad SMARTS) is 1. The first-order valence-corrected chi connectivity index (χ1v) is 13.1. The number of carbonyl (C=O) groups is 1. The number of hydrogen-bond donors (Lipinski definition) is 1. The van der Waals surface area contributed by atoms with Crippen molar-refractivity contribution in [1.82, 2.24) is 0 Å². The minimum absolute atomic E-state index is 0.226. The lowest BCUT2D eigenvalue weighted by atomic mass is 9.89. The van der Waals surface area contributed by atoms with E-state index >= 15 is 0 Å². The first-order chi connectivity index (χ1) is 17.1. The molecule has 0 spiro atoms. The van der Waals surface area contributed by atoms with Crippen LogP contribution in [0.15, 0.2) is 60.7 Å². The Labute approximate surface area is 210 Å². The van der Waals surface area contributed by atoms with Crippen LogP contribution < -0.4 is 0 Å². The number of nitriles is 1. The highest BCUT2D eigenvalue weighted by Gasteiger charge is 2.15. The van der Waals surface area contributed by atoms with E-state index in [0.29, 0.717) is 5.56 Å². The first kappa shape index (κ1) is 26.2. The van der Waals surface area contributed by atoms with Crippen LogP contribution in [0.1, 0.15) is 92.3 Å². The standard InChI is InChI=1S/C32H37NO2/c1-3-5-7-8-10-12-25-15-19-30(28(21-25)23-33)31-22-27(32(34)35)18-20-29(31)26-16-13-24(14-17-26)11-9-6-4-2/h13-22H,3-12H2,1-2H3,(H,34,35). The van der Waals surface area contributed by atoms with Crippen LogP contribution in [0.3, 0.4) is 0 Å². The summed E-state index contributed by atoms with van der Waals surface area (Å²) < 4.78 is 0. The molecule has 0 aliphatic rings. The molecular formula is C32H37NO2. The number of unbranched alkanes of at least 4 members (excludes halogenated alkanes) is 6. The van der Waals surface area contributed by atoms with Crippen LogP contribution in [0.5, 0.6) is 0 Å². The van der Waals surface area contributed by atoms with Crippen LogP contribution in [0.4, 0.5) is 0 Å². The van der Waals surface area contributed by atoms with Gasteiger partial charge in [0.1, 0.15) is 0 Å². The Balaban J connectivity index is 1.93. The molecule has 0 atom stereocenters. The molecule has 0 aliphatic heterocycles. The fourth-order valence-electron chi connectivity index (χ4n) is 4.59. The van der Waals surface area contributed by atoms with E-state index < -0.39 is 5.97 Å². The summed E-state index contributed by atoms with van der Waals surface area (Å²) in [5, 5.41) is 19.6. The van der Waals surface area contributed by atoms with Crippen molar-refractivity contribution < 1.29 is 9.90 Å². The third kappa shape index (κ3) is 7.30. The smallest absolute Gasteiger partial charge is 0.335 e. The van der Waals surface area contributed by atoms with Gasteiger partial charge in [0.2, 0.25) is 0 Å². The van der Waals surface area contributed by atoms with Gasteiger partial charge in [-0.25, -0.2) is 4.79 Å². The number of carboxylic acids is 1. The quantitative estimate of drug-likeness (QED) is 0.255. The van der Waals surface area contributed by atoms with Crippen molar-refractivity contribution in [2.24, 2.45) is 0 Å². The molecule has 3 rings (SSSR count). The van der Waals surface area contributed by atoms with Gasteiger partial charge in [-0.3, -0.25) is 0 Å². The highest BCUT2D eigenvalue weighted by Crippen LogP contribution is 2.35. The monoisotopic (exact) mass is 467 g/mol. The molecule has 0 aromatic heterocycles. The van der Waals surface area contributed by atoms with E-state index in [1.165, 1.54) is 50.5 Å². The third-order valence-electron chi connectivity index (χ3n) is 6.66. The normalized spacial score (nSPS) is 10.8. The number of hydrogen-bond acceptors (Lipinski definition) is 2. The molecule has 0 bridgehead atoms. The predicted octanol–water partition coefficient (Wildman–Crippen LogP) is 8.84. The fourth-order valence-corrected chi connectivity index (χ4v) is 4.59. The molecule has 0 aliphatic carbocycles. The lowest BCUT2D eigenvalue weighted by Crippen LogP contribution is -1.99. The Morgan fingerprint density at radius 2 is 1.31 bits per heavy atom. The maximum absolute atomic E-state index is 11.7. The van der Waals surface area contributed by atoms with Crippen molar-refractivity contribution in [3.8, 4) is 28.3 Å². The van der Waals surface area contributed by atoms with Crippen molar-refractivity contribution in [3.63, 3.8) is 0 Å². The Morgan fingerprint density at radius 1 is 0.714 bits per heavy atom. The zero-order valence-corrected chi connectivity index (χ0v) is 21.1. The van der Waals surface area contributed by atoms with E-state index in [4.69, 9.17) is 0 Å². The van der Waals surface area contributed by atoms with Gasteiger partial charge in [0.05, 0.1) is 17.2 Å². The molecule has 182 valence electrons. The van der Waals surface area contributed by atoms with Crippen molar-refractivity contribution in [2.45, 2.75) is 78.1 Å². The van der Waals surface area contributed by atoms with E-state index in [2.05, 4.69) is 50.2 Å². The van der Waals surface area contributed by atoms with Gasteiger partial charge in [-0.1, -0.05) is 94.8 Å². The van der Waals surface area contributed by atoms with Crippen molar-refractivity contribution in [3.05, 3.63) is 82.9 Å². The topological polar surface area (TPSA) is 61.1 Å². The molecule has 0 fully saturated rings. The van der Waals surface area contributed by atoms with E-state index in [9.17, 15) is 15.2 Å². The molecule has 0 unspecified atom stereocenters. The SMILES string of the molecule is CCCCCCCc1ccc(-c2cc(C(=O)O)ccc2-c2ccc(CCCCC)cc2)c(C#N)c1. The van der Waals surface area contributed by atoms with Crippen LogP contribution in [-0.2, 0) is 12.8 Å². The van der Waals surface area contributed by atoms with Crippen LogP contribution in [-0.4, -0.2) is 11.1 Å². The summed E-state index contributed by atoms with van der Waals surface area (Å²) in [6.07, 6.45) is 11.7. The van der Waals surface area contributed by atoms with Crippen molar-refractivity contribution >= 4 is 5.97 Å². The van der Waals surface area contributed by atoms with Gasteiger partial charge in [0, 0.05) is 5.56 Å². The summed E-state index contributed by atoms with van der Waals surface area (Å²) in [7, 11) is 0. The summed E-state index contributed by atoms with van der Waals surface area (Å²) in [5.41, 5.74) is 6.84. The molecule has 3 aromatic carbocycles. The lowest BCUT2D eigenvalue weighted by Gasteiger charge is -2.14. The van der Waals surface area contributed by atoms with Gasteiger partial charge in [0.15, 0.2) is 0 Å². The second-order valence-electron chi connectivity index (χ2n) is 9.38. The van der Waals surface area contributed by atoms with Crippen LogP contribution in [0.25, 0.3) is 22.3 Å². The Morgan fingerprint density at radius 3 is 2.00 bits per heavy atom. The van der Waals surface area contributed by atoms with Gasteiger partial charge in [-0.15, -0.1) is 0 Å². The first-order valence-electron chi connectivity index (χ1n) is 13.1. The third-order valence-corrected chi connectivity index (χ3v) is 6.66. The minimum Gasteiger partial charge on any atom is -0.478 e. The zero-order chi connectivity index (χ0) is 25.0. The molecule has 0 amide bonds. The van der Waals surface area contributed by atoms with Gasteiger partial charge >= 0.3 is 5.97 Å². The second kappa shape index (κ2) is 13.5. The van der Waals surface area contributed by atoms with Crippen LogP contribution in [0, 0.1) is 11.3 Å². The van der Waals surface area contributed by atoms with Gasteiger partial charge in [-0.2, -0.15) is 5.26 Å². The average Bonchev–Trinajstić information content (AvgIpc) is 2.88. The maximum atomic E-state index is 11.7. The molecule has 1 N–H and O–H groups in total. The van der Waals surface area contributed by atoms with E-state index in [1.807, 2.05) is 18.2 Å². The van der Waals surface area contributed by atoms with Crippen LogP contribution >= 0.6 is 0 Å². The van der Waals surface area contributed by atoms with Gasteiger partial charge in [0.25, 0.3) is 0 Å². The van der Waals surface area contributed by atoms with E-state index in [0.717, 1.165) is 47.1 Å². The summed E-state index contributed by atoms with van der Waals surface area (Å²) in [4.78, 5) is 11.7. The van der Waals surface area contributed by atoms with Crippen molar-refractivity contribution in [2.75, 3.05) is 0 Å². The minimum atomic E-state index is -0.966. The second-order valence-corrected chi connectivity index (χ2v) is 9.38. The number of rotatable bonds is 13. The van der Waals surface area contributed by atoms with Gasteiger partial charge < -0.3 is 5.11 Å². The van der Waals surface area contributed by atoms with E-state index in [-0.39, 0.29) is 5.56 Å². The molecule has 0 saturated heterocycles. The largest absolute Gasteiger partial charge is 0.478 e. The summed E-state index contributed by atoms with van der Waals surface area (Å²) in [6, 6.07) is 22.2. The van der Waals surface area contributed by atoms with E-state index in [1.54, 1.807) is 12.1 Å². The van der Waals surface area contributed by atoms with Crippen LogP contribution in [0.2, 0.25) is 0 Å². The lowest BCUT2D eigenvalue weighted by molar-refractivity contribution is 0.0697. The zero-order valence-electron chi connectivity index (χ0n) is 21.1. The molecule has 0 heterocycles. The molecule has 3 nitrogen and oxygen atoms in total. The summed E-state index contributed by atoms with van der Waals surface area (Å²) in [5.74, 6) is -0.966. The predicted molar refractivity (Wildman–Crippen MR) is 145 cm³/mol. The highest BCUT2D eigenvalue weighted by atomic mass is 16.4. The van der Waals surface area contributed by atoms with Gasteiger partial charge in [-0.05, 0) is 71.7 Å². The summed E-state index contributed by atoms with van der Waals surface area (Å²) in [6.45, 7) is 4.43. The Bertz CT molecular complexity index is 1160. The molecule has 3 aromatic rings. The molecule has 35 heavy (non-hydrogen) atoms. The number of aromatic carboxylic acids is 1. The molecule has 0 radical (unpaired) electrons. The number of benzene rings is 3. The number of nitrogens with zero attached hydrogens (tertiary/aromatic N) is 1.